The molecule has 1 N–H and O–H groups in total. The monoisotopic (exact) mass is 250 g/mol. The van der Waals surface area contributed by atoms with E-state index in [1.807, 2.05) is 7.05 Å². The van der Waals surface area contributed by atoms with Gasteiger partial charge in [0.1, 0.15) is 0 Å². The number of hydrogen-bond acceptors (Lipinski definition) is 4. The molecule has 0 spiro atoms. The van der Waals surface area contributed by atoms with Crippen molar-refractivity contribution < 1.29 is 9.59 Å². The van der Waals surface area contributed by atoms with Crippen LogP contribution in [-0.4, -0.2) is 41.9 Å². The lowest BCUT2D eigenvalue weighted by atomic mass is 10.1. The molecule has 0 atom stereocenters. The van der Waals surface area contributed by atoms with Gasteiger partial charge in [-0.3, -0.25) is 14.5 Å². The number of benzene rings is 1. The second-order valence-corrected chi connectivity index (χ2v) is 4.80. The van der Waals surface area contributed by atoms with Crippen molar-refractivity contribution >= 4 is 23.6 Å². The van der Waals surface area contributed by atoms with Crippen molar-refractivity contribution in [2.75, 3.05) is 25.2 Å². The minimum atomic E-state index is -0.178. The maximum Gasteiger partial charge on any atom is 0.262 e. The molecule has 90 valence electrons. The van der Waals surface area contributed by atoms with E-state index in [9.17, 15) is 9.59 Å². The van der Waals surface area contributed by atoms with Crippen LogP contribution < -0.4 is 5.32 Å². The van der Waals surface area contributed by atoms with Crippen LogP contribution in [0.5, 0.6) is 0 Å². The van der Waals surface area contributed by atoms with Crippen molar-refractivity contribution in [1.29, 1.82) is 0 Å². The van der Waals surface area contributed by atoms with E-state index in [2.05, 4.69) is 5.32 Å². The minimum absolute atomic E-state index is 0.178. The zero-order valence-corrected chi connectivity index (χ0v) is 10.4. The van der Waals surface area contributed by atoms with E-state index in [0.717, 1.165) is 12.3 Å². The number of amides is 2. The molecule has 17 heavy (non-hydrogen) atoms. The number of thioether (sulfide) groups is 1. The molecule has 1 aromatic rings. The Labute approximate surface area is 104 Å². The molecule has 0 saturated carbocycles. The molecule has 1 aromatic carbocycles. The van der Waals surface area contributed by atoms with Gasteiger partial charge in [0, 0.05) is 12.3 Å². The third-order valence-electron chi connectivity index (χ3n) is 2.59. The Morgan fingerprint density at radius 2 is 1.76 bits per heavy atom. The summed E-state index contributed by atoms with van der Waals surface area (Å²) in [6.45, 7) is 0.869. The maximum atomic E-state index is 11.9. The van der Waals surface area contributed by atoms with E-state index in [1.165, 1.54) is 4.90 Å². The summed E-state index contributed by atoms with van der Waals surface area (Å²) in [5.41, 5.74) is 1.04. The van der Waals surface area contributed by atoms with E-state index in [4.69, 9.17) is 0 Å². The zero-order valence-electron chi connectivity index (χ0n) is 9.60. The number of nitrogens with one attached hydrogen (secondary N) is 1. The van der Waals surface area contributed by atoms with Gasteiger partial charge in [-0.05, 0) is 19.2 Å². The van der Waals surface area contributed by atoms with Crippen molar-refractivity contribution in [3.05, 3.63) is 35.4 Å². The van der Waals surface area contributed by atoms with Gasteiger partial charge in [-0.1, -0.05) is 12.1 Å². The maximum absolute atomic E-state index is 11.9. The molecule has 2 amide bonds. The van der Waals surface area contributed by atoms with Gasteiger partial charge in [-0.25, -0.2) is 0 Å². The molecule has 1 aliphatic heterocycles. The van der Waals surface area contributed by atoms with Gasteiger partial charge in [-0.15, -0.1) is 11.8 Å². The number of hydrogen-bond donors (Lipinski definition) is 1. The summed E-state index contributed by atoms with van der Waals surface area (Å²) >= 11 is 1.57. The molecule has 2 rings (SSSR count). The summed E-state index contributed by atoms with van der Waals surface area (Å²) in [4.78, 5) is 25.2. The van der Waals surface area contributed by atoms with Crippen LogP contribution in [-0.2, 0) is 0 Å². The Balaban J connectivity index is 2.03. The summed E-state index contributed by atoms with van der Waals surface area (Å²) in [6.07, 6.45) is 0. The predicted octanol–water partition coefficient (Wildman–Crippen LogP) is 1.19. The largest absolute Gasteiger partial charge is 0.319 e. The molecule has 0 saturated heterocycles. The van der Waals surface area contributed by atoms with Gasteiger partial charge < -0.3 is 5.32 Å². The first-order valence-electron chi connectivity index (χ1n) is 5.43. The summed E-state index contributed by atoms with van der Waals surface area (Å²) in [5.74, 6) is 0.947. The summed E-state index contributed by atoms with van der Waals surface area (Å²) in [5, 5.41) is 3.02. The van der Waals surface area contributed by atoms with E-state index in [1.54, 1.807) is 36.0 Å². The van der Waals surface area contributed by atoms with Crippen LogP contribution in [0.15, 0.2) is 24.3 Å². The van der Waals surface area contributed by atoms with Crippen molar-refractivity contribution in [2.45, 2.75) is 0 Å². The molecular formula is C12H14N2O2S. The van der Waals surface area contributed by atoms with Gasteiger partial charge in [0.25, 0.3) is 11.8 Å². The molecule has 0 radical (unpaired) electrons. The Bertz CT molecular complexity index is 413. The Kier molecular flexibility index (Phi) is 3.81. The van der Waals surface area contributed by atoms with E-state index >= 15 is 0 Å². The third kappa shape index (κ3) is 2.35. The molecule has 5 heteroatoms. The Morgan fingerprint density at radius 1 is 1.18 bits per heavy atom. The summed E-state index contributed by atoms with van der Waals surface area (Å²) in [6, 6.07) is 6.96. The van der Waals surface area contributed by atoms with Crippen LogP contribution in [0.1, 0.15) is 20.7 Å². The Morgan fingerprint density at radius 3 is 2.29 bits per heavy atom. The normalized spacial score (nSPS) is 14.3. The lowest BCUT2D eigenvalue weighted by Gasteiger charge is -2.12. The van der Waals surface area contributed by atoms with Crippen molar-refractivity contribution in [1.82, 2.24) is 10.2 Å². The predicted molar refractivity (Wildman–Crippen MR) is 68.2 cm³/mol. The zero-order chi connectivity index (χ0) is 12.3. The molecule has 1 heterocycles. The first-order chi connectivity index (χ1) is 8.25. The standard InChI is InChI=1S/C12H14N2O2S/c1-13-6-7-17-8-14-11(15)9-4-2-3-5-10(9)12(14)16/h2-5,13H,6-8H2,1H3. The lowest BCUT2D eigenvalue weighted by molar-refractivity contribution is 0.0684. The highest BCUT2D eigenvalue weighted by Gasteiger charge is 2.34. The number of rotatable bonds is 5. The topological polar surface area (TPSA) is 49.4 Å². The van der Waals surface area contributed by atoms with Crippen LogP contribution in [0.3, 0.4) is 0 Å². The van der Waals surface area contributed by atoms with Crippen molar-refractivity contribution in [3.63, 3.8) is 0 Å². The average Bonchev–Trinajstić information content (AvgIpc) is 2.60. The van der Waals surface area contributed by atoms with E-state index in [0.29, 0.717) is 17.0 Å². The quantitative estimate of drug-likeness (QED) is 0.630. The van der Waals surface area contributed by atoms with Crippen LogP contribution >= 0.6 is 11.8 Å². The number of fused-ring (bicyclic) bond motifs is 1. The van der Waals surface area contributed by atoms with Gasteiger partial charge in [-0.2, -0.15) is 0 Å². The van der Waals surface area contributed by atoms with Gasteiger partial charge in [0.05, 0.1) is 17.0 Å². The number of carbonyl (C=O) groups excluding carboxylic acids is 2. The number of imide groups is 1. The van der Waals surface area contributed by atoms with Crippen molar-refractivity contribution in [2.24, 2.45) is 0 Å². The van der Waals surface area contributed by atoms with E-state index < -0.39 is 0 Å². The smallest absolute Gasteiger partial charge is 0.262 e. The average molecular weight is 250 g/mol. The number of nitrogens with zero attached hydrogens (tertiary/aromatic N) is 1. The molecule has 0 unspecified atom stereocenters. The third-order valence-corrected chi connectivity index (χ3v) is 3.53. The second kappa shape index (κ2) is 5.33. The summed E-state index contributed by atoms with van der Waals surface area (Å²) < 4.78 is 0. The fourth-order valence-corrected chi connectivity index (χ4v) is 2.58. The molecular weight excluding hydrogens is 236 g/mol. The SMILES string of the molecule is CNCCSCN1C(=O)c2ccccc2C1=O. The van der Waals surface area contributed by atoms with Crippen LogP contribution in [0.2, 0.25) is 0 Å². The molecule has 0 aliphatic carbocycles. The molecule has 0 aromatic heterocycles. The van der Waals surface area contributed by atoms with Crippen LogP contribution in [0.4, 0.5) is 0 Å². The highest BCUT2D eigenvalue weighted by Crippen LogP contribution is 2.23. The minimum Gasteiger partial charge on any atom is -0.319 e. The second-order valence-electron chi connectivity index (χ2n) is 3.72. The molecule has 4 nitrogen and oxygen atoms in total. The first kappa shape index (κ1) is 12.1. The van der Waals surface area contributed by atoms with Gasteiger partial charge in [0.15, 0.2) is 0 Å². The fourth-order valence-electron chi connectivity index (χ4n) is 1.69. The number of carbonyl (C=O) groups is 2. The molecule has 1 aliphatic rings. The molecule has 0 fully saturated rings. The molecule has 0 bridgehead atoms. The van der Waals surface area contributed by atoms with Gasteiger partial charge in [0.2, 0.25) is 0 Å². The summed E-state index contributed by atoms with van der Waals surface area (Å²) in [7, 11) is 1.88. The van der Waals surface area contributed by atoms with Crippen molar-refractivity contribution in [3.8, 4) is 0 Å². The van der Waals surface area contributed by atoms with E-state index in [-0.39, 0.29) is 11.8 Å². The van der Waals surface area contributed by atoms with Crippen LogP contribution in [0, 0.1) is 0 Å². The lowest BCUT2D eigenvalue weighted by Crippen LogP contribution is -2.29. The van der Waals surface area contributed by atoms with Crippen LogP contribution in [0.25, 0.3) is 0 Å². The first-order valence-corrected chi connectivity index (χ1v) is 6.58. The highest BCUT2D eigenvalue weighted by atomic mass is 32.2. The Hall–Kier alpha value is -1.33. The van der Waals surface area contributed by atoms with Gasteiger partial charge >= 0.3 is 0 Å². The highest BCUT2D eigenvalue weighted by molar-refractivity contribution is 7.99. The fraction of sp³-hybridized carbons (Fsp3) is 0.333.